The smallest absolute Gasteiger partial charge is 0.195 e. The summed E-state index contributed by atoms with van der Waals surface area (Å²) in [6.07, 6.45) is 13.8. The molecule has 0 saturated carbocycles. The van der Waals surface area contributed by atoms with E-state index in [1.807, 2.05) is 48.6 Å². The van der Waals surface area contributed by atoms with Gasteiger partial charge in [0.25, 0.3) is 0 Å². The number of aldehydes is 1. The molecule has 0 radical (unpaired) electrons. The number of aryl methyl sites for hydroxylation is 1. The molecule has 1 aliphatic carbocycles. The number of unbranched alkanes of at least 4 members (excludes halogenated alkanes) is 1. The lowest BCUT2D eigenvalue weighted by atomic mass is 10.1. The Morgan fingerprint density at radius 2 is 2.08 bits per heavy atom. The van der Waals surface area contributed by atoms with Crippen LogP contribution >= 0.6 is 0 Å². The molecule has 0 atom stereocenters. The van der Waals surface area contributed by atoms with E-state index in [0.717, 1.165) is 41.7 Å². The molecule has 1 aromatic heterocycles. The first kappa shape index (κ1) is 16.0. The maximum atomic E-state index is 10.5. The normalized spacial score (nSPS) is 16.1. The van der Waals surface area contributed by atoms with Crippen molar-refractivity contribution in [3.05, 3.63) is 78.1 Å². The summed E-state index contributed by atoms with van der Waals surface area (Å²) in [4.78, 5) is 15.2. The lowest BCUT2D eigenvalue weighted by molar-refractivity contribution is -0.107. The average molecular weight is 317 g/mol. The van der Waals surface area contributed by atoms with Crippen molar-refractivity contribution in [2.45, 2.75) is 25.7 Å². The number of carbonyl (C=O) groups is 1. The Morgan fingerprint density at radius 3 is 2.92 bits per heavy atom. The van der Waals surface area contributed by atoms with Crippen LogP contribution in [0, 0.1) is 0 Å². The van der Waals surface area contributed by atoms with Crippen LogP contribution in [-0.2, 0) is 11.2 Å². The number of aromatic nitrogens is 1. The molecule has 0 saturated heterocycles. The fourth-order valence-electron chi connectivity index (χ4n) is 2.52. The Bertz CT molecular complexity index is 819. The van der Waals surface area contributed by atoms with Gasteiger partial charge in [-0.05, 0) is 25.0 Å². The molecule has 1 aromatic carbocycles. The van der Waals surface area contributed by atoms with Crippen LogP contribution in [0.5, 0.6) is 0 Å². The molecule has 3 rings (SSSR count). The molecular formula is C21H19NO2. The van der Waals surface area contributed by atoms with E-state index in [-0.39, 0.29) is 0 Å². The molecule has 0 fully saturated rings. The third-order valence-corrected chi connectivity index (χ3v) is 3.70. The standard InChI is InChI=1S/C21H19NO2/c23-16-10-9-15-19-22-20(17-11-7-4-8-12-17)21(24-19)18-13-5-2-1-3-6-14-18/h1-2,4-8,11-12,14,16H,3,9-10,15H2/b2-1-,14-6-. The predicted molar refractivity (Wildman–Crippen MR) is 95.3 cm³/mol. The van der Waals surface area contributed by atoms with Gasteiger partial charge < -0.3 is 9.21 Å². The molecule has 24 heavy (non-hydrogen) atoms. The van der Waals surface area contributed by atoms with Crippen LogP contribution in [0.15, 0.2) is 70.9 Å². The third kappa shape index (κ3) is 3.89. The summed E-state index contributed by atoms with van der Waals surface area (Å²) < 4.78 is 6.03. The number of hydrogen-bond acceptors (Lipinski definition) is 3. The fourth-order valence-corrected chi connectivity index (χ4v) is 2.52. The number of rotatable bonds is 6. The zero-order valence-corrected chi connectivity index (χ0v) is 13.4. The zero-order valence-electron chi connectivity index (χ0n) is 13.4. The maximum absolute atomic E-state index is 10.5. The monoisotopic (exact) mass is 317 g/mol. The topological polar surface area (TPSA) is 43.1 Å². The van der Waals surface area contributed by atoms with Crippen LogP contribution in [0.2, 0.25) is 0 Å². The lowest BCUT2D eigenvalue weighted by Crippen LogP contribution is -1.87. The van der Waals surface area contributed by atoms with Crippen LogP contribution in [0.25, 0.3) is 16.8 Å². The summed E-state index contributed by atoms with van der Waals surface area (Å²) in [5, 5.41) is 0. The molecule has 0 unspecified atom stereocenters. The van der Waals surface area contributed by atoms with Gasteiger partial charge in [-0.15, -0.1) is 5.73 Å². The second-order valence-electron chi connectivity index (χ2n) is 5.50. The average Bonchev–Trinajstić information content (AvgIpc) is 3.00. The van der Waals surface area contributed by atoms with Crippen LogP contribution in [0.4, 0.5) is 0 Å². The summed E-state index contributed by atoms with van der Waals surface area (Å²) in [5.74, 6) is 1.39. The molecule has 0 N–H and O–H groups in total. The molecule has 1 heterocycles. The summed E-state index contributed by atoms with van der Waals surface area (Å²) in [6, 6.07) is 10.00. The second-order valence-corrected chi connectivity index (χ2v) is 5.50. The number of carbonyl (C=O) groups excluding carboxylic acids is 1. The van der Waals surface area contributed by atoms with Crippen molar-refractivity contribution in [1.82, 2.24) is 4.98 Å². The van der Waals surface area contributed by atoms with Crippen molar-refractivity contribution in [1.29, 1.82) is 0 Å². The van der Waals surface area contributed by atoms with Gasteiger partial charge in [-0.2, -0.15) is 0 Å². The molecule has 3 heteroatoms. The van der Waals surface area contributed by atoms with Gasteiger partial charge in [0.15, 0.2) is 11.7 Å². The summed E-state index contributed by atoms with van der Waals surface area (Å²) >= 11 is 0. The molecule has 120 valence electrons. The van der Waals surface area contributed by atoms with Gasteiger partial charge in [0.1, 0.15) is 12.0 Å². The van der Waals surface area contributed by atoms with E-state index in [4.69, 9.17) is 4.42 Å². The van der Waals surface area contributed by atoms with Gasteiger partial charge in [-0.3, -0.25) is 0 Å². The van der Waals surface area contributed by atoms with E-state index < -0.39 is 0 Å². The van der Waals surface area contributed by atoms with Crippen LogP contribution in [-0.4, -0.2) is 11.3 Å². The van der Waals surface area contributed by atoms with E-state index in [2.05, 4.69) is 22.9 Å². The Kier molecular flexibility index (Phi) is 5.39. The number of oxazole rings is 1. The van der Waals surface area contributed by atoms with Gasteiger partial charge in [-0.1, -0.05) is 48.6 Å². The molecule has 0 amide bonds. The van der Waals surface area contributed by atoms with Crippen LogP contribution in [0.3, 0.4) is 0 Å². The van der Waals surface area contributed by atoms with Crippen molar-refractivity contribution >= 4 is 11.9 Å². The van der Waals surface area contributed by atoms with Crippen LogP contribution in [0.1, 0.15) is 30.9 Å². The Labute approximate surface area is 141 Å². The number of allylic oxidation sites excluding steroid dienone is 5. The van der Waals surface area contributed by atoms with E-state index in [1.165, 1.54) is 0 Å². The van der Waals surface area contributed by atoms with Crippen molar-refractivity contribution in [3.63, 3.8) is 0 Å². The highest BCUT2D eigenvalue weighted by Gasteiger charge is 2.17. The first-order valence-corrected chi connectivity index (χ1v) is 8.16. The molecular weight excluding hydrogens is 298 g/mol. The minimum Gasteiger partial charge on any atom is -0.439 e. The largest absolute Gasteiger partial charge is 0.439 e. The van der Waals surface area contributed by atoms with Crippen molar-refractivity contribution in [2.24, 2.45) is 0 Å². The van der Waals surface area contributed by atoms with E-state index in [9.17, 15) is 4.79 Å². The van der Waals surface area contributed by atoms with Crippen molar-refractivity contribution in [2.75, 3.05) is 0 Å². The molecule has 0 spiro atoms. The number of benzene rings is 1. The first-order valence-electron chi connectivity index (χ1n) is 8.16. The molecule has 1 aliphatic rings. The van der Waals surface area contributed by atoms with Crippen molar-refractivity contribution < 1.29 is 9.21 Å². The lowest BCUT2D eigenvalue weighted by Gasteiger charge is -2.01. The highest BCUT2D eigenvalue weighted by Crippen LogP contribution is 2.30. The quantitative estimate of drug-likeness (QED) is 0.431. The molecule has 0 aliphatic heterocycles. The van der Waals surface area contributed by atoms with Crippen molar-refractivity contribution in [3.8, 4) is 11.3 Å². The third-order valence-electron chi connectivity index (χ3n) is 3.70. The first-order chi connectivity index (χ1) is 11.9. The number of hydrogen-bond donors (Lipinski definition) is 0. The van der Waals surface area contributed by atoms with E-state index >= 15 is 0 Å². The summed E-state index contributed by atoms with van der Waals surface area (Å²) in [7, 11) is 0. The number of nitrogens with zero attached hydrogens (tertiary/aromatic N) is 1. The highest BCUT2D eigenvalue weighted by atomic mass is 16.4. The second kappa shape index (κ2) is 8.09. The minimum absolute atomic E-state index is 0.520. The summed E-state index contributed by atoms with van der Waals surface area (Å²) in [5.41, 5.74) is 5.97. The predicted octanol–water partition coefficient (Wildman–Crippen LogP) is 4.92. The van der Waals surface area contributed by atoms with Gasteiger partial charge >= 0.3 is 0 Å². The van der Waals surface area contributed by atoms with Gasteiger partial charge in [0.2, 0.25) is 0 Å². The molecule has 0 bridgehead atoms. The Hall–Kier alpha value is -2.90. The Morgan fingerprint density at radius 1 is 1.21 bits per heavy atom. The highest BCUT2D eigenvalue weighted by molar-refractivity contribution is 5.80. The van der Waals surface area contributed by atoms with Gasteiger partial charge in [-0.25, -0.2) is 4.98 Å². The molecule has 2 aromatic rings. The minimum atomic E-state index is 0.520. The molecule has 3 nitrogen and oxygen atoms in total. The Balaban J connectivity index is 2.04. The van der Waals surface area contributed by atoms with E-state index in [1.54, 1.807) is 0 Å². The summed E-state index contributed by atoms with van der Waals surface area (Å²) in [6.45, 7) is 0. The van der Waals surface area contributed by atoms with Crippen LogP contribution < -0.4 is 0 Å². The zero-order chi connectivity index (χ0) is 16.6. The maximum Gasteiger partial charge on any atom is 0.195 e. The van der Waals surface area contributed by atoms with E-state index in [0.29, 0.717) is 18.7 Å². The van der Waals surface area contributed by atoms with Gasteiger partial charge in [0.05, 0.1) is 5.57 Å². The fraction of sp³-hybridized carbons (Fsp3) is 0.190. The van der Waals surface area contributed by atoms with Gasteiger partial charge in [0, 0.05) is 18.4 Å². The SMILES string of the molecule is O=CCCCc1nc(-c2ccccc2)c(C2=C=C/C=C\C/C=C\2)o1.